The Morgan fingerprint density at radius 1 is 1.39 bits per heavy atom. The number of nitrogens with zero attached hydrogens (tertiary/aromatic N) is 1. The van der Waals surface area contributed by atoms with Gasteiger partial charge in [0.25, 0.3) is 0 Å². The molecule has 0 radical (unpaired) electrons. The maximum Gasteiger partial charge on any atom is 0.212 e. The molecule has 1 saturated carbocycles. The van der Waals surface area contributed by atoms with Crippen molar-refractivity contribution in [2.45, 2.75) is 25.8 Å². The van der Waals surface area contributed by atoms with Crippen molar-refractivity contribution >= 4 is 0 Å². The molecule has 1 aliphatic carbocycles. The third kappa shape index (κ3) is 5.02. The topological polar surface area (TPSA) is 43.4 Å². The number of pyridine rings is 1. The van der Waals surface area contributed by atoms with Crippen LogP contribution in [0.4, 0.5) is 0 Å². The van der Waals surface area contributed by atoms with Crippen molar-refractivity contribution in [2.24, 2.45) is 5.92 Å². The van der Waals surface area contributed by atoms with Crippen molar-refractivity contribution in [3.05, 3.63) is 23.9 Å². The van der Waals surface area contributed by atoms with Crippen LogP contribution in [0.1, 0.15) is 24.8 Å². The van der Waals surface area contributed by atoms with Crippen LogP contribution in [0.3, 0.4) is 0 Å². The summed E-state index contributed by atoms with van der Waals surface area (Å²) in [7, 11) is 1.63. The zero-order valence-corrected chi connectivity index (χ0v) is 11.0. The Hall–Kier alpha value is -1.13. The van der Waals surface area contributed by atoms with E-state index in [1.54, 1.807) is 7.11 Å². The van der Waals surface area contributed by atoms with Crippen molar-refractivity contribution < 1.29 is 9.47 Å². The smallest absolute Gasteiger partial charge is 0.212 e. The molecular formula is C14H22N2O2. The van der Waals surface area contributed by atoms with Crippen LogP contribution >= 0.6 is 0 Å². The van der Waals surface area contributed by atoms with E-state index in [2.05, 4.69) is 10.3 Å². The molecule has 0 unspecified atom stereocenters. The molecule has 0 aromatic carbocycles. The summed E-state index contributed by atoms with van der Waals surface area (Å²) in [6, 6.07) is 3.91. The second-order valence-corrected chi connectivity index (χ2v) is 4.76. The van der Waals surface area contributed by atoms with Gasteiger partial charge in [0.15, 0.2) is 0 Å². The van der Waals surface area contributed by atoms with E-state index in [1.807, 2.05) is 18.3 Å². The SMILES string of the molecule is COc1ccc(CNCCCOCC2CC2)cn1. The highest BCUT2D eigenvalue weighted by Crippen LogP contribution is 2.28. The number of nitrogens with one attached hydrogen (secondary N) is 1. The van der Waals surface area contributed by atoms with Crippen molar-refractivity contribution in [2.75, 3.05) is 26.9 Å². The lowest BCUT2D eigenvalue weighted by molar-refractivity contribution is 0.122. The minimum Gasteiger partial charge on any atom is -0.481 e. The molecule has 1 aromatic heterocycles. The number of hydrogen-bond donors (Lipinski definition) is 1. The summed E-state index contributed by atoms with van der Waals surface area (Å²) < 4.78 is 10.6. The van der Waals surface area contributed by atoms with Gasteiger partial charge in [-0.05, 0) is 37.3 Å². The lowest BCUT2D eigenvalue weighted by atomic mass is 10.3. The monoisotopic (exact) mass is 250 g/mol. The van der Waals surface area contributed by atoms with Crippen LogP contribution in [0, 0.1) is 5.92 Å². The van der Waals surface area contributed by atoms with Gasteiger partial charge in [0, 0.05) is 32.0 Å². The maximum absolute atomic E-state index is 5.57. The summed E-state index contributed by atoms with van der Waals surface area (Å²) in [5.41, 5.74) is 1.18. The predicted octanol–water partition coefficient (Wildman–Crippen LogP) is 2.00. The standard InChI is InChI=1S/C14H22N2O2/c1-17-14-6-5-13(10-16-14)9-15-7-2-8-18-11-12-3-4-12/h5-6,10,12,15H,2-4,7-9,11H2,1H3. The minimum absolute atomic E-state index is 0.659. The Morgan fingerprint density at radius 3 is 2.94 bits per heavy atom. The zero-order valence-electron chi connectivity index (χ0n) is 11.0. The van der Waals surface area contributed by atoms with Gasteiger partial charge >= 0.3 is 0 Å². The molecule has 0 spiro atoms. The second kappa shape index (κ2) is 7.34. The molecule has 0 aliphatic heterocycles. The Labute approximate surface area is 109 Å². The highest BCUT2D eigenvalue weighted by molar-refractivity contribution is 5.17. The molecule has 0 bridgehead atoms. The lowest BCUT2D eigenvalue weighted by Gasteiger charge is -2.06. The van der Waals surface area contributed by atoms with E-state index in [1.165, 1.54) is 18.4 Å². The van der Waals surface area contributed by atoms with Gasteiger partial charge in [-0.3, -0.25) is 0 Å². The quantitative estimate of drug-likeness (QED) is 0.681. The number of rotatable bonds is 9. The summed E-state index contributed by atoms with van der Waals surface area (Å²) in [4.78, 5) is 4.16. The first-order valence-corrected chi connectivity index (χ1v) is 6.66. The number of aromatic nitrogens is 1. The van der Waals surface area contributed by atoms with Gasteiger partial charge in [0.05, 0.1) is 7.11 Å². The summed E-state index contributed by atoms with van der Waals surface area (Å²) in [5.74, 6) is 1.52. The summed E-state index contributed by atoms with van der Waals surface area (Å²) in [6.07, 6.45) is 5.64. The largest absolute Gasteiger partial charge is 0.481 e. The fourth-order valence-electron chi connectivity index (χ4n) is 1.70. The fourth-order valence-corrected chi connectivity index (χ4v) is 1.70. The van der Waals surface area contributed by atoms with Gasteiger partial charge in [-0.2, -0.15) is 0 Å². The van der Waals surface area contributed by atoms with Gasteiger partial charge in [0.1, 0.15) is 0 Å². The molecule has 1 aromatic rings. The molecule has 0 saturated heterocycles. The van der Waals surface area contributed by atoms with Gasteiger partial charge in [-0.1, -0.05) is 6.07 Å². The first kappa shape index (κ1) is 13.3. The average molecular weight is 250 g/mol. The van der Waals surface area contributed by atoms with E-state index in [-0.39, 0.29) is 0 Å². The molecule has 2 rings (SSSR count). The van der Waals surface area contributed by atoms with Crippen LogP contribution in [0.15, 0.2) is 18.3 Å². The molecule has 0 atom stereocenters. The molecule has 0 amide bonds. The van der Waals surface area contributed by atoms with E-state index in [0.717, 1.165) is 38.6 Å². The number of methoxy groups -OCH3 is 1. The molecular weight excluding hydrogens is 228 g/mol. The average Bonchev–Trinajstić information content (AvgIpc) is 3.22. The van der Waals surface area contributed by atoms with Crippen molar-refractivity contribution in [1.29, 1.82) is 0 Å². The van der Waals surface area contributed by atoms with Gasteiger partial charge in [-0.25, -0.2) is 4.98 Å². The Morgan fingerprint density at radius 2 is 2.28 bits per heavy atom. The van der Waals surface area contributed by atoms with Gasteiger partial charge in [0.2, 0.25) is 5.88 Å². The van der Waals surface area contributed by atoms with Gasteiger partial charge in [-0.15, -0.1) is 0 Å². The van der Waals surface area contributed by atoms with Crippen LogP contribution in [0.5, 0.6) is 5.88 Å². The first-order valence-electron chi connectivity index (χ1n) is 6.66. The van der Waals surface area contributed by atoms with E-state index in [4.69, 9.17) is 9.47 Å². The highest BCUT2D eigenvalue weighted by atomic mass is 16.5. The van der Waals surface area contributed by atoms with Crippen molar-refractivity contribution in [3.63, 3.8) is 0 Å². The molecule has 4 nitrogen and oxygen atoms in total. The molecule has 4 heteroatoms. The molecule has 1 aliphatic rings. The third-order valence-electron chi connectivity index (χ3n) is 3.03. The minimum atomic E-state index is 0.659. The molecule has 100 valence electrons. The molecule has 1 heterocycles. The molecule has 1 fully saturated rings. The zero-order chi connectivity index (χ0) is 12.6. The fraction of sp³-hybridized carbons (Fsp3) is 0.643. The Bertz CT molecular complexity index is 336. The van der Waals surface area contributed by atoms with Crippen LogP contribution in [0.25, 0.3) is 0 Å². The summed E-state index contributed by atoms with van der Waals surface area (Å²) in [6.45, 7) is 3.66. The van der Waals surface area contributed by atoms with Crippen LogP contribution < -0.4 is 10.1 Å². The van der Waals surface area contributed by atoms with E-state index >= 15 is 0 Å². The summed E-state index contributed by atoms with van der Waals surface area (Å²) in [5, 5.41) is 3.38. The maximum atomic E-state index is 5.57. The van der Waals surface area contributed by atoms with Gasteiger partial charge < -0.3 is 14.8 Å². The Balaban J connectivity index is 1.48. The molecule has 18 heavy (non-hydrogen) atoms. The normalized spacial score (nSPS) is 14.7. The number of ether oxygens (including phenoxy) is 2. The van der Waals surface area contributed by atoms with E-state index < -0.39 is 0 Å². The molecule has 1 N–H and O–H groups in total. The van der Waals surface area contributed by atoms with Crippen LogP contribution in [-0.2, 0) is 11.3 Å². The summed E-state index contributed by atoms with van der Waals surface area (Å²) >= 11 is 0. The second-order valence-electron chi connectivity index (χ2n) is 4.76. The van der Waals surface area contributed by atoms with Crippen molar-refractivity contribution in [3.8, 4) is 5.88 Å². The predicted molar refractivity (Wildman–Crippen MR) is 70.7 cm³/mol. The number of hydrogen-bond acceptors (Lipinski definition) is 4. The van der Waals surface area contributed by atoms with Crippen molar-refractivity contribution in [1.82, 2.24) is 10.3 Å². The van der Waals surface area contributed by atoms with E-state index in [0.29, 0.717) is 5.88 Å². The lowest BCUT2D eigenvalue weighted by Crippen LogP contribution is -2.16. The van der Waals surface area contributed by atoms with Crippen LogP contribution in [-0.4, -0.2) is 31.9 Å². The van der Waals surface area contributed by atoms with Crippen LogP contribution in [0.2, 0.25) is 0 Å². The first-order chi connectivity index (χ1) is 8.88. The van der Waals surface area contributed by atoms with E-state index in [9.17, 15) is 0 Å². The third-order valence-corrected chi connectivity index (χ3v) is 3.03. The highest BCUT2D eigenvalue weighted by Gasteiger charge is 2.20. The Kier molecular flexibility index (Phi) is 5.42.